The van der Waals surface area contributed by atoms with E-state index >= 15 is 0 Å². The molecule has 0 atom stereocenters. The number of benzene rings is 2. The topological polar surface area (TPSA) is 42.9 Å². The maximum absolute atomic E-state index is 4.35. The van der Waals surface area contributed by atoms with Crippen LogP contribution in [-0.4, -0.2) is 45.1 Å². The van der Waals surface area contributed by atoms with E-state index in [2.05, 4.69) is 88.1 Å². The number of nitrogens with one attached hydrogen (secondary N) is 2. The van der Waals surface area contributed by atoms with Crippen molar-refractivity contribution in [2.24, 2.45) is 4.99 Å². The number of aliphatic imine (C=N–C) groups is 1. The van der Waals surface area contributed by atoms with E-state index in [0.717, 1.165) is 25.6 Å². The molecule has 0 bridgehead atoms. The number of anilines is 1. The Labute approximate surface area is 175 Å². The van der Waals surface area contributed by atoms with Gasteiger partial charge in [0.15, 0.2) is 5.96 Å². The summed E-state index contributed by atoms with van der Waals surface area (Å²) in [6.45, 7) is 5.06. The van der Waals surface area contributed by atoms with Gasteiger partial charge in [0.2, 0.25) is 0 Å². The SMILES string of the molecule is CN=C(NCc1ccc(CN2CCCCC2)cc1)NCc1cccc(N(C)C)c1. The average molecular weight is 394 g/mol. The van der Waals surface area contributed by atoms with Crippen LogP contribution in [0.1, 0.15) is 36.0 Å². The highest BCUT2D eigenvalue weighted by Crippen LogP contribution is 2.14. The second-order valence-electron chi connectivity index (χ2n) is 8.00. The molecule has 1 saturated heterocycles. The second kappa shape index (κ2) is 10.9. The molecule has 0 saturated carbocycles. The summed E-state index contributed by atoms with van der Waals surface area (Å²) in [7, 11) is 5.93. The first kappa shape index (κ1) is 21.2. The van der Waals surface area contributed by atoms with E-state index in [1.54, 1.807) is 0 Å². The zero-order valence-electron chi connectivity index (χ0n) is 18.1. The van der Waals surface area contributed by atoms with Crippen molar-refractivity contribution in [3.8, 4) is 0 Å². The molecule has 5 heteroatoms. The summed E-state index contributed by atoms with van der Waals surface area (Å²) in [5.41, 5.74) is 5.11. The highest BCUT2D eigenvalue weighted by molar-refractivity contribution is 5.79. The highest BCUT2D eigenvalue weighted by Gasteiger charge is 2.10. The third kappa shape index (κ3) is 6.79. The van der Waals surface area contributed by atoms with Crippen molar-refractivity contribution in [1.82, 2.24) is 15.5 Å². The van der Waals surface area contributed by atoms with E-state index < -0.39 is 0 Å². The Kier molecular flexibility index (Phi) is 7.94. The molecule has 1 aliphatic heterocycles. The molecular formula is C24H35N5. The molecule has 1 fully saturated rings. The Morgan fingerprint density at radius 1 is 0.897 bits per heavy atom. The van der Waals surface area contributed by atoms with Crippen LogP contribution in [-0.2, 0) is 19.6 Å². The molecule has 0 radical (unpaired) electrons. The van der Waals surface area contributed by atoms with Crippen molar-refractivity contribution in [2.45, 2.75) is 38.9 Å². The lowest BCUT2D eigenvalue weighted by Crippen LogP contribution is -2.36. The van der Waals surface area contributed by atoms with Crippen LogP contribution < -0.4 is 15.5 Å². The molecule has 2 aromatic rings. The van der Waals surface area contributed by atoms with Crippen molar-refractivity contribution >= 4 is 11.6 Å². The van der Waals surface area contributed by atoms with Crippen LogP contribution >= 0.6 is 0 Å². The maximum atomic E-state index is 4.35. The predicted molar refractivity (Wildman–Crippen MR) is 123 cm³/mol. The van der Waals surface area contributed by atoms with Crippen LogP contribution in [0.25, 0.3) is 0 Å². The molecule has 156 valence electrons. The van der Waals surface area contributed by atoms with E-state index in [9.17, 15) is 0 Å². The first-order valence-electron chi connectivity index (χ1n) is 10.6. The van der Waals surface area contributed by atoms with Gasteiger partial charge in [0.25, 0.3) is 0 Å². The minimum Gasteiger partial charge on any atom is -0.378 e. The molecule has 2 N–H and O–H groups in total. The van der Waals surface area contributed by atoms with Gasteiger partial charge in [-0.15, -0.1) is 0 Å². The van der Waals surface area contributed by atoms with Gasteiger partial charge in [0.1, 0.15) is 0 Å². The lowest BCUT2D eigenvalue weighted by Gasteiger charge is -2.26. The highest BCUT2D eigenvalue weighted by atomic mass is 15.2. The first-order chi connectivity index (χ1) is 14.1. The van der Waals surface area contributed by atoms with Gasteiger partial charge in [0, 0.05) is 46.5 Å². The Morgan fingerprint density at radius 3 is 2.21 bits per heavy atom. The minimum absolute atomic E-state index is 0.746. The molecular weight excluding hydrogens is 358 g/mol. The Morgan fingerprint density at radius 2 is 1.55 bits per heavy atom. The summed E-state index contributed by atoms with van der Waals surface area (Å²) in [6.07, 6.45) is 4.07. The Balaban J connectivity index is 1.46. The van der Waals surface area contributed by atoms with Crippen molar-refractivity contribution in [3.05, 3.63) is 65.2 Å². The Hall–Kier alpha value is -2.53. The summed E-state index contributed by atoms with van der Waals surface area (Å²) < 4.78 is 0. The van der Waals surface area contributed by atoms with Gasteiger partial charge in [-0.25, -0.2) is 0 Å². The predicted octanol–water partition coefficient (Wildman–Crippen LogP) is 3.60. The smallest absolute Gasteiger partial charge is 0.191 e. The molecule has 0 unspecified atom stereocenters. The van der Waals surface area contributed by atoms with Gasteiger partial charge in [-0.3, -0.25) is 9.89 Å². The molecule has 5 nitrogen and oxygen atoms in total. The molecule has 29 heavy (non-hydrogen) atoms. The lowest BCUT2D eigenvalue weighted by molar-refractivity contribution is 0.221. The lowest BCUT2D eigenvalue weighted by atomic mass is 10.1. The van der Waals surface area contributed by atoms with E-state index in [1.807, 2.05) is 7.05 Å². The molecule has 1 aliphatic rings. The van der Waals surface area contributed by atoms with Crippen LogP contribution in [0.2, 0.25) is 0 Å². The van der Waals surface area contributed by atoms with Crippen molar-refractivity contribution < 1.29 is 0 Å². The standard InChI is InChI=1S/C24H35N5/c1-25-24(27-18-22-8-7-9-23(16-22)28(2)3)26-17-20-10-12-21(13-11-20)19-29-14-5-4-6-15-29/h7-13,16H,4-6,14-15,17-19H2,1-3H3,(H2,25,26,27). The van der Waals surface area contributed by atoms with Gasteiger partial charge >= 0.3 is 0 Å². The van der Waals surface area contributed by atoms with Crippen LogP contribution in [0.4, 0.5) is 5.69 Å². The summed E-state index contributed by atoms with van der Waals surface area (Å²) in [5.74, 6) is 0.817. The van der Waals surface area contributed by atoms with E-state index in [0.29, 0.717) is 0 Å². The molecule has 1 heterocycles. The van der Waals surface area contributed by atoms with Crippen LogP contribution in [0, 0.1) is 0 Å². The number of nitrogens with zero attached hydrogens (tertiary/aromatic N) is 3. The molecule has 2 aromatic carbocycles. The monoisotopic (exact) mass is 393 g/mol. The normalized spacial score (nSPS) is 15.2. The summed E-state index contributed by atoms with van der Waals surface area (Å²) >= 11 is 0. The molecule has 0 amide bonds. The third-order valence-electron chi connectivity index (χ3n) is 5.45. The average Bonchev–Trinajstić information content (AvgIpc) is 2.76. The van der Waals surface area contributed by atoms with Crippen LogP contribution in [0.15, 0.2) is 53.5 Å². The fourth-order valence-electron chi connectivity index (χ4n) is 3.68. The van der Waals surface area contributed by atoms with Gasteiger partial charge in [-0.2, -0.15) is 0 Å². The quantitative estimate of drug-likeness (QED) is 0.557. The number of piperidine rings is 1. The summed E-state index contributed by atoms with van der Waals surface area (Å²) in [4.78, 5) is 9.03. The van der Waals surface area contributed by atoms with Crippen molar-refractivity contribution in [2.75, 3.05) is 39.1 Å². The molecule has 0 aliphatic carbocycles. The van der Waals surface area contributed by atoms with Gasteiger partial charge in [-0.05, 0) is 54.8 Å². The number of rotatable bonds is 7. The molecule has 0 spiro atoms. The van der Waals surface area contributed by atoms with Crippen LogP contribution in [0.5, 0.6) is 0 Å². The van der Waals surface area contributed by atoms with Gasteiger partial charge in [-0.1, -0.05) is 42.8 Å². The zero-order valence-corrected chi connectivity index (χ0v) is 18.1. The second-order valence-corrected chi connectivity index (χ2v) is 8.00. The number of likely N-dealkylation sites (tertiary alicyclic amines) is 1. The first-order valence-corrected chi connectivity index (χ1v) is 10.6. The Bertz CT molecular complexity index is 776. The fourth-order valence-corrected chi connectivity index (χ4v) is 3.68. The van der Waals surface area contributed by atoms with Crippen LogP contribution in [0.3, 0.4) is 0 Å². The van der Waals surface area contributed by atoms with Crippen molar-refractivity contribution in [1.29, 1.82) is 0 Å². The summed E-state index contributed by atoms with van der Waals surface area (Å²) in [5, 5.41) is 6.81. The third-order valence-corrected chi connectivity index (χ3v) is 5.45. The van der Waals surface area contributed by atoms with E-state index in [4.69, 9.17) is 0 Å². The van der Waals surface area contributed by atoms with Crippen molar-refractivity contribution in [3.63, 3.8) is 0 Å². The van der Waals surface area contributed by atoms with Gasteiger partial charge in [0.05, 0.1) is 0 Å². The number of hydrogen-bond donors (Lipinski definition) is 2. The largest absolute Gasteiger partial charge is 0.378 e. The number of hydrogen-bond acceptors (Lipinski definition) is 3. The van der Waals surface area contributed by atoms with E-state index in [1.165, 1.54) is 54.7 Å². The summed E-state index contributed by atoms with van der Waals surface area (Å²) in [6, 6.07) is 17.5. The maximum Gasteiger partial charge on any atom is 0.191 e. The fraction of sp³-hybridized carbons (Fsp3) is 0.458. The minimum atomic E-state index is 0.746. The number of guanidine groups is 1. The van der Waals surface area contributed by atoms with Gasteiger partial charge < -0.3 is 15.5 Å². The van der Waals surface area contributed by atoms with E-state index in [-0.39, 0.29) is 0 Å². The zero-order chi connectivity index (χ0) is 20.5. The molecule has 3 rings (SSSR count). The molecule has 0 aromatic heterocycles.